The van der Waals surface area contributed by atoms with Crippen LogP contribution in [-0.4, -0.2) is 110 Å². The van der Waals surface area contributed by atoms with Gasteiger partial charge in [-0.25, -0.2) is 8.78 Å². The van der Waals surface area contributed by atoms with Gasteiger partial charge in [-0.2, -0.15) is 5.10 Å². The van der Waals surface area contributed by atoms with Crippen LogP contribution in [0.2, 0.25) is 0 Å². The van der Waals surface area contributed by atoms with Gasteiger partial charge < -0.3 is 14.7 Å². The normalized spacial score (nSPS) is 21.4. The highest BCUT2D eigenvalue weighted by Crippen LogP contribution is 2.41. The third kappa shape index (κ3) is 6.56. The first-order valence-corrected chi connectivity index (χ1v) is 19.9. The fraction of sp³-hybridized carbons (Fsp3) is 0.488. The number of carbonyl (C=O) groups excluding carboxylic acids is 6. The molecule has 14 nitrogen and oxygen atoms in total. The predicted molar refractivity (Wildman–Crippen MR) is 201 cm³/mol. The van der Waals surface area contributed by atoms with E-state index in [0.29, 0.717) is 77.3 Å². The van der Waals surface area contributed by atoms with E-state index in [1.54, 1.807) is 36.1 Å². The minimum atomic E-state index is -2.59. The standard InChI is InChI=1S/C41H44F2N8O6/c1-23(52)48-16-11-32-31(21-48)38(49-12-2-3-24-4-5-26(37(42)43)19-34(24)49)45-51(32)28-9-14-47(15-10-28)36(54)22-46-13-8-25-17-29-30(18-27(25)20-46)41(57)50(40(29)56)33-6-7-35(53)44-39(33)55/h4-5,17-19,28,33,37H,2-3,6-16,20-22H2,1H3,(H,44,53,55). The van der Waals surface area contributed by atoms with Crippen LogP contribution in [-0.2, 0) is 51.5 Å². The molecule has 0 spiro atoms. The molecular formula is C41H44F2N8O6. The smallest absolute Gasteiger partial charge is 0.263 e. The molecule has 3 aromatic rings. The number of nitrogens with zero attached hydrogens (tertiary/aromatic N) is 7. The van der Waals surface area contributed by atoms with Gasteiger partial charge in [0.1, 0.15) is 6.04 Å². The third-order valence-corrected chi connectivity index (χ3v) is 12.6. The van der Waals surface area contributed by atoms with Crippen molar-refractivity contribution in [3.63, 3.8) is 0 Å². The van der Waals surface area contributed by atoms with Crippen molar-refractivity contribution in [1.29, 1.82) is 0 Å². The molecule has 7 heterocycles. The molecule has 1 aromatic heterocycles. The van der Waals surface area contributed by atoms with E-state index >= 15 is 0 Å². The number of aryl methyl sites for hydroxylation is 1. The highest BCUT2D eigenvalue weighted by Gasteiger charge is 2.45. The SMILES string of the molecule is CC(=O)N1CCc2c(c(N3CCCc4ccc(C(F)F)cc43)nn2C2CCN(C(=O)CN3CCc4cc5c(cc4C3)C(=O)N(C3CCC(=O)NC3=O)C5=O)CC2)C1. The van der Waals surface area contributed by atoms with Crippen LogP contribution >= 0.6 is 0 Å². The number of halogens is 2. The maximum absolute atomic E-state index is 13.8. The minimum absolute atomic E-state index is 0.00777. The zero-order chi connectivity index (χ0) is 39.7. The summed E-state index contributed by atoms with van der Waals surface area (Å²) in [6.07, 6.45) is 1.81. The topological polar surface area (TPSA) is 148 Å². The number of fused-ring (bicyclic) bond motifs is 4. The lowest BCUT2D eigenvalue weighted by Gasteiger charge is -2.36. The Balaban J connectivity index is 0.876. The van der Waals surface area contributed by atoms with Crippen molar-refractivity contribution in [2.24, 2.45) is 0 Å². The number of piperidine rings is 2. The number of nitrogens with one attached hydrogen (secondary N) is 1. The van der Waals surface area contributed by atoms with Gasteiger partial charge in [-0.05, 0) is 73.4 Å². The van der Waals surface area contributed by atoms with Crippen LogP contribution in [0.3, 0.4) is 0 Å². The Kier molecular flexibility index (Phi) is 9.41. The molecule has 6 aliphatic heterocycles. The van der Waals surface area contributed by atoms with E-state index in [-0.39, 0.29) is 53.9 Å². The molecule has 2 saturated heterocycles. The van der Waals surface area contributed by atoms with E-state index in [2.05, 4.69) is 19.8 Å². The first-order valence-electron chi connectivity index (χ1n) is 19.9. The van der Waals surface area contributed by atoms with Crippen molar-refractivity contribution >= 4 is 46.9 Å². The van der Waals surface area contributed by atoms with Crippen LogP contribution in [0.1, 0.15) is 106 Å². The van der Waals surface area contributed by atoms with E-state index in [1.165, 1.54) is 6.07 Å². The molecular weight excluding hydrogens is 738 g/mol. The second kappa shape index (κ2) is 14.5. The average Bonchev–Trinajstić information content (AvgIpc) is 3.70. The number of imide groups is 2. The molecule has 1 atom stereocenters. The lowest BCUT2D eigenvalue weighted by atomic mass is 9.94. The number of anilines is 2. The number of alkyl halides is 2. The average molecular weight is 783 g/mol. The first-order chi connectivity index (χ1) is 27.4. The summed E-state index contributed by atoms with van der Waals surface area (Å²) >= 11 is 0. The summed E-state index contributed by atoms with van der Waals surface area (Å²) in [5.74, 6) is -1.45. The molecule has 0 saturated carbocycles. The van der Waals surface area contributed by atoms with Gasteiger partial charge in [0.25, 0.3) is 18.2 Å². The van der Waals surface area contributed by atoms with E-state index in [1.807, 2.05) is 4.90 Å². The number of amides is 6. The summed E-state index contributed by atoms with van der Waals surface area (Å²) in [5.41, 5.74) is 6.02. The van der Waals surface area contributed by atoms with Crippen molar-refractivity contribution in [1.82, 2.24) is 34.7 Å². The number of hydrogen-bond donors (Lipinski definition) is 1. The summed E-state index contributed by atoms with van der Waals surface area (Å²) in [5, 5.41) is 7.41. The molecule has 1 N–H and O–H groups in total. The summed E-state index contributed by atoms with van der Waals surface area (Å²) in [6, 6.07) is 7.31. The van der Waals surface area contributed by atoms with Crippen LogP contribution in [0.25, 0.3) is 0 Å². The highest BCUT2D eigenvalue weighted by molar-refractivity contribution is 6.23. The number of benzene rings is 2. The summed E-state index contributed by atoms with van der Waals surface area (Å²) in [7, 11) is 0. The molecule has 0 aliphatic carbocycles. The van der Waals surface area contributed by atoms with Crippen molar-refractivity contribution in [3.8, 4) is 0 Å². The van der Waals surface area contributed by atoms with Crippen LogP contribution < -0.4 is 10.2 Å². The molecule has 6 amide bonds. The van der Waals surface area contributed by atoms with Gasteiger partial charge in [-0.3, -0.25) is 48.6 Å². The van der Waals surface area contributed by atoms with Crippen LogP contribution in [0.4, 0.5) is 20.3 Å². The van der Waals surface area contributed by atoms with Crippen molar-refractivity contribution in [2.75, 3.05) is 44.2 Å². The number of aromatic nitrogens is 2. The van der Waals surface area contributed by atoms with Crippen molar-refractivity contribution in [2.45, 2.75) is 89.9 Å². The Labute approximate surface area is 327 Å². The summed E-state index contributed by atoms with van der Waals surface area (Å²) in [6.45, 7) is 5.49. The molecule has 298 valence electrons. The van der Waals surface area contributed by atoms with Gasteiger partial charge in [-0.1, -0.05) is 12.1 Å². The maximum Gasteiger partial charge on any atom is 0.263 e. The quantitative estimate of drug-likeness (QED) is 0.372. The van der Waals surface area contributed by atoms with Gasteiger partial charge in [0.2, 0.25) is 23.6 Å². The molecule has 2 aromatic carbocycles. The molecule has 16 heteroatoms. The van der Waals surface area contributed by atoms with E-state index in [0.717, 1.165) is 51.4 Å². The monoisotopic (exact) mass is 782 g/mol. The number of carbonyl (C=O) groups is 6. The second-order valence-corrected chi connectivity index (χ2v) is 16.0. The van der Waals surface area contributed by atoms with Crippen molar-refractivity contribution in [3.05, 3.63) is 75.0 Å². The molecule has 0 bridgehead atoms. The number of likely N-dealkylation sites (tertiary alicyclic amines) is 1. The Morgan fingerprint density at radius 2 is 1.58 bits per heavy atom. The lowest BCUT2D eigenvalue weighted by Crippen LogP contribution is -2.54. The van der Waals surface area contributed by atoms with Gasteiger partial charge >= 0.3 is 0 Å². The van der Waals surface area contributed by atoms with Crippen LogP contribution in [0, 0.1) is 0 Å². The molecule has 57 heavy (non-hydrogen) atoms. The zero-order valence-corrected chi connectivity index (χ0v) is 31.8. The lowest BCUT2D eigenvalue weighted by molar-refractivity contribution is -0.136. The Morgan fingerprint density at radius 3 is 2.30 bits per heavy atom. The predicted octanol–water partition coefficient (Wildman–Crippen LogP) is 3.43. The third-order valence-electron chi connectivity index (χ3n) is 12.6. The fourth-order valence-electron chi connectivity index (χ4n) is 9.53. The Bertz CT molecular complexity index is 2230. The first kappa shape index (κ1) is 37.1. The summed E-state index contributed by atoms with van der Waals surface area (Å²) in [4.78, 5) is 85.9. The van der Waals surface area contributed by atoms with E-state index in [4.69, 9.17) is 5.10 Å². The fourth-order valence-corrected chi connectivity index (χ4v) is 9.53. The second-order valence-electron chi connectivity index (χ2n) is 16.0. The molecule has 1 unspecified atom stereocenters. The Hall–Kier alpha value is -5.51. The highest BCUT2D eigenvalue weighted by atomic mass is 19.3. The zero-order valence-electron chi connectivity index (χ0n) is 31.8. The largest absolute Gasteiger partial charge is 0.341 e. The van der Waals surface area contributed by atoms with Crippen LogP contribution in [0.15, 0.2) is 30.3 Å². The van der Waals surface area contributed by atoms with Gasteiger partial charge in [0.05, 0.1) is 30.3 Å². The van der Waals surface area contributed by atoms with Crippen LogP contribution in [0.5, 0.6) is 0 Å². The molecule has 2 fully saturated rings. The molecule has 9 rings (SSSR count). The van der Waals surface area contributed by atoms with Gasteiger partial charge in [-0.15, -0.1) is 0 Å². The molecule has 6 aliphatic rings. The molecule has 0 radical (unpaired) electrons. The Morgan fingerprint density at radius 1 is 0.825 bits per heavy atom. The number of hydrogen-bond acceptors (Lipinski definition) is 9. The van der Waals surface area contributed by atoms with E-state index < -0.39 is 36.1 Å². The number of rotatable bonds is 6. The van der Waals surface area contributed by atoms with Gasteiger partial charge in [0.15, 0.2) is 5.82 Å². The van der Waals surface area contributed by atoms with Crippen molar-refractivity contribution < 1.29 is 37.5 Å². The van der Waals surface area contributed by atoms with E-state index in [9.17, 15) is 37.5 Å². The van der Waals surface area contributed by atoms with Gasteiger partial charge in [0, 0.05) is 81.5 Å². The summed E-state index contributed by atoms with van der Waals surface area (Å²) < 4.78 is 29.7. The minimum Gasteiger partial charge on any atom is -0.341 e. The maximum atomic E-state index is 13.8.